The van der Waals surface area contributed by atoms with Crippen molar-refractivity contribution in [2.24, 2.45) is 0 Å². The van der Waals surface area contributed by atoms with Gasteiger partial charge in [0.15, 0.2) is 0 Å². The van der Waals surface area contributed by atoms with Crippen molar-refractivity contribution in [2.75, 3.05) is 17.7 Å². The summed E-state index contributed by atoms with van der Waals surface area (Å²) < 4.78 is 12.8. The first-order valence-corrected chi connectivity index (χ1v) is 10.6. The summed E-state index contributed by atoms with van der Waals surface area (Å²) in [6.07, 6.45) is 2.95. The second-order valence-corrected chi connectivity index (χ2v) is 7.50. The highest BCUT2D eigenvalue weighted by Gasteiger charge is 2.16. The lowest BCUT2D eigenvalue weighted by Crippen LogP contribution is -2.16. The minimum atomic E-state index is -0.261. The third-order valence-electron chi connectivity index (χ3n) is 4.05. The van der Waals surface area contributed by atoms with Crippen LogP contribution < -0.4 is 10.1 Å². The Morgan fingerprint density at radius 3 is 2.94 bits per heavy atom. The van der Waals surface area contributed by atoms with Crippen LogP contribution in [0.2, 0.25) is 5.02 Å². The lowest BCUT2D eigenvalue weighted by atomic mass is 10.2. The fourth-order valence-corrected chi connectivity index (χ4v) is 3.49. The number of anilines is 1. The Hall–Kier alpha value is -3.37. The molecule has 31 heavy (non-hydrogen) atoms. The highest BCUT2D eigenvalue weighted by molar-refractivity contribution is 7.99. The molecule has 4 rings (SSSR count). The maximum absolute atomic E-state index is 12.5. The lowest BCUT2D eigenvalue weighted by Gasteiger charge is -2.10. The molecule has 0 aliphatic rings. The first-order chi connectivity index (χ1) is 15.1. The molecule has 0 atom stereocenters. The molecule has 1 N–H and O–H groups in total. The number of ether oxygens (including phenoxy) is 1. The maximum atomic E-state index is 12.5. The van der Waals surface area contributed by atoms with Gasteiger partial charge < -0.3 is 14.5 Å². The minimum absolute atomic E-state index is 0.0675. The molecule has 2 aromatic carbocycles. The van der Waals surface area contributed by atoms with Gasteiger partial charge in [-0.2, -0.15) is 5.10 Å². The number of carbonyl (C=O) groups excluding carboxylic acids is 1. The van der Waals surface area contributed by atoms with Crippen LogP contribution in [0.3, 0.4) is 0 Å². The number of para-hydroxylation sites is 1. The van der Waals surface area contributed by atoms with Gasteiger partial charge in [-0.25, -0.2) is 9.67 Å². The molecule has 158 valence electrons. The summed E-state index contributed by atoms with van der Waals surface area (Å²) in [5, 5.41) is 15.8. The van der Waals surface area contributed by atoms with Gasteiger partial charge >= 0.3 is 0 Å². The highest BCUT2D eigenvalue weighted by atomic mass is 35.5. The number of nitrogens with zero attached hydrogens (tertiary/aromatic N) is 5. The molecule has 0 aliphatic heterocycles. The van der Waals surface area contributed by atoms with Gasteiger partial charge in [-0.15, -0.1) is 10.2 Å². The molecular formula is C20H17ClN6O3S. The third-order valence-corrected chi connectivity index (χ3v) is 5.10. The SMILES string of the molecule is CCOc1ccccc1-c1nnc(SCC(=O)Nc2cc(Cl)ccc2-n2cncn2)o1. The van der Waals surface area contributed by atoms with Gasteiger partial charge in [0.2, 0.25) is 5.91 Å². The number of hydrogen-bond acceptors (Lipinski definition) is 8. The molecule has 11 heteroatoms. The van der Waals surface area contributed by atoms with Crippen LogP contribution in [0, 0.1) is 0 Å². The van der Waals surface area contributed by atoms with Crippen molar-refractivity contribution in [3.63, 3.8) is 0 Å². The van der Waals surface area contributed by atoms with Gasteiger partial charge in [-0.05, 0) is 37.3 Å². The summed E-state index contributed by atoms with van der Waals surface area (Å²) in [5.41, 5.74) is 1.86. The zero-order chi connectivity index (χ0) is 21.6. The van der Waals surface area contributed by atoms with Gasteiger partial charge in [-0.1, -0.05) is 35.5 Å². The summed E-state index contributed by atoms with van der Waals surface area (Å²) in [4.78, 5) is 16.4. The Morgan fingerprint density at radius 1 is 1.26 bits per heavy atom. The van der Waals surface area contributed by atoms with Gasteiger partial charge in [0.1, 0.15) is 18.4 Å². The maximum Gasteiger partial charge on any atom is 0.277 e. The highest BCUT2D eigenvalue weighted by Crippen LogP contribution is 2.31. The molecule has 4 aromatic rings. The molecule has 0 unspecified atom stereocenters. The Bertz CT molecular complexity index is 1180. The number of nitrogens with one attached hydrogen (secondary N) is 1. The average Bonchev–Trinajstić information content (AvgIpc) is 3.46. The predicted molar refractivity (Wildman–Crippen MR) is 117 cm³/mol. The van der Waals surface area contributed by atoms with Crippen LogP contribution in [0.15, 0.2) is 64.8 Å². The minimum Gasteiger partial charge on any atom is -0.493 e. The summed E-state index contributed by atoms with van der Waals surface area (Å²) >= 11 is 7.21. The molecule has 0 bridgehead atoms. The molecule has 0 spiro atoms. The smallest absolute Gasteiger partial charge is 0.277 e. The molecular weight excluding hydrogens is 440 g/mol. The zero-order valence-electron chi connectivity index (χ0n) is 16.4. The quantitative estimate of drug-likeness (QED) is 0.395. The van der Waals surface area contributed by atoms with E-state index in [2.05, 4.69) is 25.6 Å². The van der Waals surface area contributed by atoms with Crippen LogP contribution >= 0.6 is 23.4 Å². The van der Waals surface area contributed by atoms with E-state index in [9.17, 15) is 4.79 Å². The zero-order valence-corrected chi connectivity index (χ0v) is 17.9. The van der Waals surface area contributed by atoms with Crippen molar-refractivity contribution >= 4 is 35.0 Å². The van der Waals surface area contributed by atoms with E-state index in [0.717, 1.165) is 11.8 Å². The molecule has 2 aromatic heterocycles. The van der Waals surface area contributed by atoms with E-state index in [1.165, 1.54) is 12.7 Å². The number of aromatic nitrogens is 5. The third kappa shape index (κ3) is 5.04. The number of rotatable bonds is 8. The van der Waals surface area contributed by atoms with E-state index in [1.54, 1.807) is 22.9 Å². The van der Waals surface area contributed by atoms with Crippen LogP contribution in [0.4, 0.5) is 5.69 Å². The van der Waals surface area contributed by atoms with Gasteiger partial charge in [-0.3, -0.25) is 4.79 Å². The van der Waals surface area contributed by atoms with Crippen molar-refractivity contribution in [2.45, 2.75) is 12.1 Å². The number of carbonyl (C=O) groups is 1. The van der Waals surface area contributed by atoms with E-state index in [4.69, 9.17) is 20.8 Å². The fraction of sp³-hybridized carbons (Fsp3) is 0.150. The number of amides is 1. The molecule has 9 nitrogen and oxygen atoms in total. The van der Waals surface area contributed by atoms with Crippen LogP contribution in [0.1, 0.15) is 6.92 Å². The average molecular weight is 457 g/mol. The Kier molecular flexibility index (Phi) is 6.48. The van der Waals surface area contributed by atoms with Crippen LogP contribution in [0.5, 0.6) is 5.75 Å². The van der Waals surface area contributed by atoms with Crippen LogP contribution in [0.25, 0.3) is 17.1 Å². The summed E-state index contributed by atoms with van der Waals surface area (Å²) in [7, 11) is 0. The van der Waals surface area contributed by atoms with Crippen LogP contribution in [-0.4, -0.2) is 43.2 Å². The van der Waals surface area contributed by atoms with E-state index in [-0.39, 0.29) is 16.9 Å². The molecule has 0 radical (unpaired) electrons. The number of thioether (sulfide) groups is 1. The summed E-state index contributed by atoms with van der Waals surface area (Å²) in [6, 6.07) is 12.5. The monoisotopic (exact) mass is 456 g/mol. The normalized spacial score (nSPS) is 10.8. The largest absolute Gasteiger partial charge is 0.493 e. The van der Waals surface area contributed by atoms with Crippen molar-refractivity contribution in [3.05, 3.63) is 60.1 Å². The second kappa shape index (κ2) is 9.63. The Labute approximate surface area is 186 Å². The van der Waals surface area contributed by atoms with Gasteiger partial charge in [0.05, 0.1) is 29.3 Å². The number of benzene rings is 2. The Morgan fingerprint density at radius 2 is 2.13 bits per heavy atom. The summed E-state index contributed by atoms with van der Waals surface area (Å²) in [5.74, 6) is 0.792. The lowest BCUT2D eigenvalue weighted by molar-refractivity contribution is -0.113. The first-order valence-electron chi connectivity index (χ1n) is 9.27. The predicted octanol–water partition coefficient (Wildman–Crippen LogP) is 4.10. The van der Waals surface area contributed by atoms with Crippen molar-refractivity contribution in [1.82, 2.24) is 25.0 Å². The molecule has 0 aliphatic carbocycles. The molecule has 0 fully saturated rings. The van der Waals surface area contributed by atoms with Gasteiger partial charge in [0, 0.05) is 5.02 Å². The molecule has 0 saturated carbocycles. The number of hydrogen-bond donors (Lipinski definition) is 1. The second-order valence-electron chi connectivity index (χ2n) is 6.14. The Balaban J connectivity index is 1.43. The fourth-order valence-electron chi connectivity index (χ4n) is 2.76. The van der Waals surface area contributed by atoms with E-state index in [0.29, 0.717) is 40.2 Å². The van der Waals surface area contributed by atoms with E-state index >= 15 is 0 Å². The van der Waals surface area contributed by atoms with E-state index in [1.807, 2.05) is 31.2 Å². The van der Waals surface area contributed by atoms with Crippen LogP contribution in [-0.2, 0) is 4.79 Å². The number of halogens is 1. The van der Waals surface area contributed by atoms with Crippen molar-refractivity contribution in [1.29, 1.82) is 0 Å². The molecule has 1 amide bonds. The van der Waals surface area contributed by atoms with E-state index < -0.39 is 0 Å². The standard InChI is InChI=1S/C20H17ClN6O3S/c1-2-29-17-6-4-3-5-14(17)19-25-26-20(30-19)31-10-18(28)24-15-9-13(21)7-8-16(15)27-12-22-11-23-27/h3-9,11-12H,2,10H2,1H3,(H,24,28). The summed E-state index contributed by atoms with van der Waals surface area (Å²) in [6.45, 7) is 2.42. The van der Waals surface area contributed by atoms with Gasteiger partial charge in [0.25, 0.3) is 11.1 Å². The topological polar surface area (TPSA) is 108 Å². The molecule has 2 heterocycles. The van der Waals surface area contributed by atoms with Crippen molar-refractivity contribution in [3.8, 4) is 22.9 Å². The molecule has 0 saturated heterocycles. The van der Waals surface area contributed by atoms with Crippen molar-refractivity contribution < 1.29 is 13.9 Å². The first kappa shape index (κ1) is 20.9.